The van der Waals surface area contributed by atoms with E-state index in [2.05, 4.69) is 15.4 Å². The van der Waals surface area contributed by atoms with Gasteiger partial charge in [-0.1, -0.05) is 24.3 Å². The maximum Gasteiger partial charge on any atom is 0.411 e. The molecule has 0 bridgehead atoms. The van der Waals surface area contributed by atoms with E-state index in [1.807, 2.05) is 43.4 Å². The number of hydrogen-bond donors (Lipinski definition) is 4. The van der Waals surface area contributed by atoms with Gasteiger partial charge in [0.25, 0.3) is 6.47 Å². The summed E-state index contributed by atoms with van der Waals surface area (Å²) in [5.74, 6) is -2.44. The van der Waals surface area contributed by atoms with Gasteiger partial charge in [-0.05, 0) is 41.8 Å². The number of carbonyl (C=O) groups is 2. The Hall–Kier alpha value is -3.10. The molecular weight excluding hydrogens is 352 g/mol. The van der Waals surface area contributed by atoms with E-state index < -0.39 is 25.1 Å². The molecule has 0 aromatic heterocycles. The molecular formula is C19H22N2O6. The van der Waals surface area contributed by atoms with Crippen LogP contribution in [0.15, 0.2) is 48.5 Å². The normalized spacial score (nSPS) is 10.8. The van der Waals surface area contributed by atoms with Gasteiger partial charge < -0.3 is 25.0 Å². The maximum absolute atomic E-state index is 11.7. The number of benzene rings is 2. The van der Waals surface area contributed by atoms with Crippen molar-refractivity contribution in [2.45, 2.75) is 12.2 Å². The zero-order valence-corrected chi connectivity index (χ0v) is 14.8. The molecule has 0 fully saturated rings. The van der Waals surface area contributed by atoms with Crippen molar-refractivity contribution >= 4 is 23.9 Å². The molecule has 4 N–H and O–H groups in total. The van der Waals surface area contributed by atoms with Gasteiger partial charge in [-0.25, -0.2) is 4.79 Å². The van der Waals surface area contributed by atoms with E-state index in [9.17, 15) is 19.8 Å². The first-order valence-electron chi connectivity index (χ1n) is 8.21. The number of rotatable bonds is 9. The quantitative estimate of drug-likeness (QED) is 0.390. The SMILES string of the molecule is CNc1ccc(Cc2ccc(NC(=O)OCC(O)(O)COC=O)cc2)cc1. The zero-order chi connectivity index (χ0) is 19.7. The molecule has 2 rings (SSSR count). The van der Waals surface area contributed by atoms with Crippen molar-refractivity contribution < 1.29 is 29.3 Å². The van der Waals surface area contributed by atoms with E-state index in [4.69, 9.17) is 4.74 Å². The van der Waals surface area contributed by atoms with Gasteiger partial charge in [-0.15, -0.1) is 0 Å². The second-order valence-corrected chi connectivity index (χ2v) is 5.91. The Balaban J connectivity index is 1.83. The Morgan fingerprint density at radius 1 is 1.00 bits per heavy atom. The first-order chi connectivity index (χ1) is 12.9. The van der Waals surface area contributed by atoms with Crippen LogP contribution in [0.3, 0.4) is 0 Å². The summed E-state index contributed by atoms with van der Waals surface area (Å²) < 4.78 is 8.93. The van der Waals surface area contributed by atoms with Crippen molar-refractivity contribution in [2.75, 3.05) is 30.9 Å². The van der Waals surface area contributed by atoms with Crippen LogP contribution in [0.4, 0.5) is 16.2 Å². The van der Waals surface area contributed by atoms with Crippen LogP contribution < -0.4 is 10.6 Å². The molecule has 0 heterocycles. The number of ether oxygens (including phenoxy) is 2. The van der Waals surface area contributed by atoms with Gasteiger partial charge in [0, 0.05) is 18.4 Å². The minimum absolute atomic E-state index is 0.0673. The fourth-order valence-corrected chi connectivity index (χ4v) is 2.28. The van der Waals surface area contributed by atoms with Crippen LogP contribution >= 0.6 is 0 Å². The Bertz CT molecular complexity index is 744. The van der Waals surface area contributed by atoms with Crippen LogP contribution in [0, 0.1) is 0 Å². The summed E-state index contributed by atoms with van der Waals surface area (Å²) in [7, 11) is 1.87. The highest BCUT2D eigenvalue weighted by molar-refractivity contribution is 5.84. The summed E-state index contributed by atoms with van der Waals surface area (Å²) in [5.41, 5.74) is 3.78. The molecule has 0 aliphatic heterocycles. The predicted molar refractivity (Wildman–Crippen MR) is 99.4 cm³/mol. The molecule has 8 heteroatoms. The van der Waals surface area contributed by atoms with Gasteiger partial charge in [-0.3, -0.25) is 10.1 Å². The minimum Gasteiger partial charge on any atom is -0.462 e. The highest BCUT2D eigenvalue weighted by Gasteiger charge is 2.26. The number of aliphatic hydroxyl groups is 2. The molecule has 0 spiro atoms. The Morgan fingerprint density at radius 3 is 2.07 bits per heavy atom. The molecule has 0 aliphatic rings. The van der Waals surface area contributed by atoms with Crippen molar-refractivity contribution in [2.24, 2.45) is 0 Å². The van der Waals surface area contributed by atoms with Crippen molar-refractivity contribution in [3.05, 3.63) is 59.7 Å². The average molecular weight is 374 g/mol. The largest absolute Gasteiger partial charge is 0.462 e. The fourth-order valence-electron chi connectivity index (χ4n) is 2.28. The minimum atomic E-state index is -2.44. The van der Waals surface area contributed by atoms with Gasteiger partial charge in [0.2, 0.25) is 5.79 Å². The zero-order valence-electron chi connectivity index (χ0n) is 14.8. The Kier molecular flexibility index (Phi) is 7.16. The topological polar surface area (TPSA) is 117 Å². The number of nitrogens with one attached hydrogen (secondary N) is 2. The van der Waals surface area contributed by atoms with Crippen LogP contribution in [0.1, 0.15) is 11.1 Å². The summed E-state index contributed by atoms with van der Waals surface area (Å²) in [5, 5.41) is 24.4. The van der Waals surface area contributed by atoms with Crippen molar-refractivity contribution in [1.82, 2.24) is 0 Å². The highest BCUT2D eigenvalue weighted by atomic mass is 16.6. The molecule has 2 aromatic carbocycles. The summed E-state index contributed by atoms with van der Waals surface area (Å²) >= 11 is 0. The molecule has 0 aliphatic carbocycles. The summed E-state index contributed by atoms with van der Waals surface area (Å²) in [4.78, 5) is 21.7. The van der Waals surface area contributed by atoms with Crippen LogP contribution in [0.2, 0.25) is 0 Å². The van der Waals surface area contributed by atoms with Gasteiger partial charge in [0.05, 0.1) is 0 Å². The molecule has 0 atom stereocenters. The lowest BCUT2D eigenvalue weighted by Gasteiger charge is -2.19. The van der Waals surface area contributed by atoms with Crippen LogP contribution in [0.25, 0.3) is 0 Å². The first-order valence-corrected chi connectivity index (χ1v) is 8.21. The lowest BCUT2D eigenvalue weighted by molar-refractivity contribution is -0.213. The monoisotopic (exact) mass is 374 g/mol. The molecule has 2 aromatic rings. The second kappa shape index (κ2) is 9.56. The Morgan fingerprint density at radius 2 is 1.56 bits per heavy atom. The Labute approximate surface area is 156 Å². The van der Waals surface area contributed by atoms with Crippen molar-refractivity contribution in [3.8, 4) is 0 Å². The van der Waals surface area contributed by atoms with Gasteiger partial charge in [0.1, 0.15) is 6.61 Å². The van der Waals surface area contributed by atoms with Crippen LogP contribution in [-0.4, -0.2) is 48.8 Å². The molecule has 144 valence electrons. The van der Waals surface area contributed by atoms with Crippen LogP contribution in [0.5, 0.6) is 0 Å². The fraction of sp³-hybridized carbons (Fsp3) is 0.263. The van der Waals surface area contributed by atoms with E-state index in [-0.39, 0.29) is 6.47 Å². The van der Waals surface area contributed by atoms with Crippen LogP contribution in [-0.2, 0) is 20.7 Å². The van der Waals surface area contributed by atoms with E-state index in [1.54, 1.807) is 12.1 Å². The third kappa shape index (κ3) is 6.96. The summed E-state index contributed by atoms with van der Waals surface area (Å²) in [6, 6.07) is 15.3. The van der Waals surface area contributed by atoms with E-state index in [0.717, 1.165) is 23.2 Å². The number of amides is 1. The van der Waals surface area contributed by atoms with Gasteiger partial charge >= 0.3 is 6.09 Å². The lowest BCUT2D eigenvalue weighted by Crippen LogP contribution is -2.40. The van der Waals surface area contributed by atoms with Crippen molar-refractivity contribution in [3.63, 3.8) is 0 Å². The summed E-state index contributed by atoms with van der Waals surface area (Å²) in [6.07, 6.45) is -0.104. The van der Waals surface area contributed by atoms with E-state index in [0.29, 0.717) is 5.69 Å². The second-order valence-electron chi connectivity index (χ2n) is 5.91. The number of anilines is 2. The molecule has 0 radical (unpaired) electrons. The van der Waals surface area contributed by atoms with Crippen molar-refractivity contribution in [1.29, 1.82) is 0 Å². The number of hydrogen-bond acceptors (Lipinski definition) is 7. The van der Waals surface area contributed by atoms with Gasteiger partial charge in [-0.2, -0.15) is 0 Å². The van der Waals surface area contributed by atoms with E-state index in [1.165, 1.54) is 0 Å². The average Bonchev–Trinajstić information content (AvgIpc) is 2.67. The molecule has 0 unspecified atom stereocenters. The smallest absolute Gasteiger partial charge is 0.411 e. The van der Waals surface area contributed by atoms with Gasteiger partial charge in [0.15, 0.2) is 6.61 Å². The highest BCUT2D eigenvalue weighted by Crippen LogP contribution is 2.16. The third-order valence-corrected chi connectivity index (χ3v) is 3.67. The van der Waals surface area contributed by atoms with E-state index >= 15 is 0 Å². The molecule has 0 saturated carbocycles. The molecule has 8 nitrogen and oxygen atoms in total. The molecule has 27 heavy (non-hydrogen) atoms. The number of carbonyl (C=O) groups excluding carboxylic acids is 2. The maximum atomic E-state index is 11.7. The first kappa shape index (κ1) is 20.2. The lowest BCUT2D eigenvalue weighted by atomic mass is 10.0. The molecule has 0 saturated heterocycles. The molecule has 1 amide bonds. The third-order valence-electron chi connectivity index (χ3n) is 3.67. The standard InChI is InChI=1S/C19H22N2O6/c1-20-16-6-2-14(3-7-16)10-15-4-8-17(9-5-15)21-18(23)27-12-19(24,25)11-26-13-22/h2-9,13,20,24-25H,10-12H2,1H3,(H,21,23). The predicted octanol–water partition coefficient (Wildman–Crippen LogP) is 1.72. The summed E-state index contributed by atoms with van der Waals surface area (Å²) in [6.45, 7) is -1.38.